The van der Waals surface area contributed by atoms with Gasteiger partial charge in [-0.05, 0) is 98.8 Å². The Morgan fingerprint density at radius 3 is 2.26 bits per heavy atom. The molecule has 0 aliphatic rings. The lowest BCUT2D eigenvalue weighted by molar-refractivity contribution is 0.0734. The van der Waals surface area contributed by atoms with Gasteiger partial charge in [-0.15, -0.1) is 0 Å². The van der Waals surface area contributed by atoms with Crippen LogP contribution >= 0.6 is 0 Å². The zero-order chi connectivity index (χ0) is 29.5. The molecule has 3 aromatic carbocycles. The second kappa shape index (κ2) is 12.7. The molecule has 0 aliphatic heterocycles. The number of aromatic nitrogens is 1. The molecule has 0 unspecified atom stereocenters. The lowest BCUT2D eigenvalue weighted by atomic mass is 10.2. The summed E-state index contributed by atoms with van der Waals surface area (Å²) in [5.74, 6) is 1.11. The van der Waals surface area contributed by atoms with Crippen LogP contribution in [0.25, 0.3) is 5.69 Å². The summed E-state index contributed by atoms with van der Waals surface area (Å²) in [6.45, 7) is 4.28. The minimum atomic E-state index is -0.535. The van der Waals surface area contributed by atoms with Crippen LogP contribution in [-0.2, 0) is 6.61 Å². The third-order valence-corrected chi connectivity index (χ3v) is 6.45. The van der Waals surface area contributed by atoms with Gasteiger partial charge >= 0.3 is 11.9 Å². The van der Waals surface area contributed by atoms with Crippen LogP contribution in [0, 0.1) is 13.8 Å². The van der Waals surface area contributed by atoms with Crippen LogP contribution in [0.15, 0.2) is 107 Å². The molecule has 0 saturated heterocycles. The van der Waals surface area contributed by atoms with Crippen molar-refractivity contribution >= 4 is 18.1 Å². The predicted molar refractivity (Wildman–Crippen MR) is 158 cm³/mol. The van der Waals surface area contributed by atoms with Gasteiger partial charge in [0, 0.05) is 22.6 Å². The number of amides is 1. The fourth-order valence-electron chi connectivity index (χ4n) is 4.28. The highest BCUT2D eigenvalue weighted by atomic mass is 16.5. The summed E-state index contributed by atoms with van der Waals surface area (Å²) in [7, 11) is 1.55. The summed E-state index contributed by atoms with van der Waals surface area (Å²) in [6, 6.07) is 28.6. The molecule has 212 valence electrons. The Kier molecular flexibility index (Phi) is 8.48. The first-order valence-corrected chi connectivity index (χ1v) is 13.2. The molecule has 5 rings (SSSR count). The van der Waals surface area contributed by atoms with E-state index >= 15 is 0 Å². The number of benzene rings is 3. The lowest BCUT2D eigenvalue weighted by Crippen LogP contribution is -2.17. The number of ether oxygens (including phenoxy) is 3. The molecule has 9 heteroatoms. The molecule has 0 atom stereocenters. The van der Waals surface area contributed by atoms with Crippen LogP contribution in [0.2, 0.25) is 0 Å². The van der Waals surface area contributed by atoms with E-state index in [4.69, 9.17) is 18.6 Å². The normalized spacial score (nSPS) is 10.9. The molecule has 0 fully saturated rings. The topological polar surface area (TPSA) is 104 Å². The highest BCUT2D eigenvalue weighted by Gasteiger charge is 2.13. The fraction of sp³-hybridized carbons (Fsp3) is 0.121. The minimum Gasteiger partial charge on any atom is -0.497 e. The summed E-state index contributed by atoms with van der Waals surface area (Å²) < 4.78 is 24.3. The number of nitrogens with zero attached hydrogens (tertiary/aromatic N) is 2. The highest BCUT2D eigenvalue weighted by molar-refractivity contribution is 5.94. The summed E-state index contributed by atoms with van der Waals surface area (Å²) in [5, 5.41) is 4.00. The second-order valence-electron chi connectivity index (χ2n) is 9.36. The van der Waals surface area contributed by atoms with E-state index in [0.29, 0.717) is 34.1 Å². The molecule has 0 radical (unpaired) electrons. The van der Waals surface area contributed by atoms with Crippen molar-refractivity contribution in [1.82, 2.24) is 9.99 Å². The molecule has 42 heavy (non-hydrogen) atoms. The Hall–Kier alpha value is -5.57. The maximum atomic E-state index is 12.6. The van der Waals surface area contributed by atoms with Gasteiger partial charge in [0.1, 0.15) is 29.6 Å². The average molecular weight is 564 g/mol. The number of methoxy groups -OCH3 is 1. The smallest absolute Gasteiger partial charge is 0.343 e. The number of carbonyl (C=O) groups excluding carboxylic acids is 2. The molecular weight excluding hydrogens is 534 g/mol. The van der Waals surface area contributed by atoms with Gasteiger partial charge in [-0.2, -0.15) is 5.10 Å². The third kappa shape index (κ3) is 6.59. The molecule has 1 N–H and O–H groups in total. The minimum absolute atomic E-state index is 0.0823. The zero-order valence-corrected chi connectivity index (χ0v) is 23.4. The average Bonchev–Trinajstić information content (AvgIpc) is 3.63. The van der Waals surface area contributed by atoms with E-state index < -0.39 is 11.9 Å². The van der Waals surface area contributed by atoms with Crippen molar-refractivity contribution in [3.63, 3.8) is 0 Å². The van der Waals surface area contributed by atoms with Gasteiger partial charge in [0.05, 0.1) is 18.9 Å². The Labute approximate surface area is 243 Å². The first-order chi connectivity index (χ1) is 20.4. The van der Waals surface area contributed by atoms with Crippen molar-refractivity contribution in [2.75, 3.05) is 7.11 Å². The first-order valence-electron chi connectivity index (χ1n) is 13.2. The van der Waals surface area contributed by atoms with Gasteiger partial charge in [0.15, 0.2) is 5.76 Å². The van der Waals surface area contributed by atoms with Crippen molar-refractivity contribution < 1.29 is 28.2 Å². The van der Waals surface area contributed by atoms with E-state index in [1.165, 1.54) is 6.21 Å². The van der Waals surface area contributed by atoms with E-state index in [-0.39, 0.29) is 12.4 Å². The van der Waals surface area contributed by atoms with Gasteiger partial charge < -0.3 is 23.2 Å². The maximum Gasteiger partial charge on any atom is 0.343 e. The van der Waals surface area contributed by atoms with Crippen LogP contribution in [0.1, 0.15) is 43.6 Å². The number of hydrogen-bond donors (Lipinski definition) is 1. The van der Waals surface area contributed by atoms with Gasteiger partial charge in [0.2, 0.25) is 0 Å². The van der Waals surface area contributed by atoms with E-state index in [0.717, 1.165) is 17.1 Å². The van der Waals surface area contributed by atoms with Crippen LogP contribution in [0.4, 0.5) is 0 Å². The highest BCUT2D eigenvalue weighted by Crippen LogP contribution is 2.22. The Morgan fingerprint density at radius 2 is 1.55 bits per heavy atom. The van der Waals surface area contributed by atoms with E-state index in [1.807, 2.05) is 24.3 Å². The number of para-hydroxylation sites is 1. The van der Waals surface area contributed by atoms with Crippen molar-refractivity contribution in [3.8, 4) is 22.9 Å². The summed E-state index contributed by atoms with van der Waals surface area (Å²) in [6.07, 6.45) is 1.39. The molecule has 9 nitrogen and oxygen atoms in total. The molecule has 0 saturated carbocycles. The fourth-order valence-corrected chi connectivity index (χ4v) is 4.28. The lowest BCUT2D eigenvalue weighted by Gasteiger charge is -2.10. The van der Waals surface area contributed by atoms with Gasteiger partial charge in [-0.1, -0.05) is 12.1 Å². The molecule has 2 heterocycles. The zero-order valence-electron chi connectivity index (χ0n) is 23.4. The number of carbonyl (C=O) groups is 2. The Balaban J connectivity index is 1.15. The second-order valence-corrected chi connectivity index (χ2v) is 9.36. The molecule has 1 amide bonds. The van der Waals surface area contributed by atoms with Crippen molar-refractivity contribution in [1.29, 1.82) is 0 Å². The molecule has 0 aliphatic carbocycles. The molecule has 2 aromatic heterocycles. The number of esters is 1. The Bertz CT molecular complexity index is 1700. The largest absolute Gasteiger partial charge is 0.497 e. The monoisotopic (exact) mass is 563 g/mol. The standard InChI is InChI=1S/C33H29N3O6/c1-22-8-9-23(2)36(22)26-12-16-28(17-13-26)40-21-29-18-19-31(41-29)32(37)35-34-20-25-6-4-5-7-30(25)42-33(38)24-10-14-27(39-3)15-11-24/h4-20H,21H2,1-3H3,(H,35,37)/b34-20-. The number of aryl methyl sites for hydroxylation is 2. The van der Waals surface area contributed by atoms with E-state index in [9.17, 15) is 9.59 Å². The number of nitrogens with one attached hydrogen (secondary N) is 1. The number of hydrogen-bond acceptors (Lipinski definition) is 7. The predicted octanol–water partition coefficient (Wildman–Crippen LogP) is 6.26. The number of rotatable bonds is 10. The van der Waals surface area contributed by atoms with Crippen LogP contribution in [-0.4, -0.2) is 29.8 Å². The van der Waals surface area contributed by atoms with E-state index in [1.54, 1.807) is 67.8 Å². The SMILES string of the molecule is COc1ccc(C(=O)Oc2ccccc2/C=N\NC(=O)c2ccc(COc3ccc(-n4c(C)ccc4C)cc3)o2)cc1. The van der Waals surface area contributed by atoms with Gasteiger partial charge in [-0.25, -0.2) is 10.2 Å². The van der Waals surface area contributed by atoms with Crippen molar-refractivity contribution in [3.05, 3.63) is 131 Å². The van der Waals surface area contributed by atoms with Crippen molar-refractivity contribution in [2.24, 2.45) is 5.10 Å². The molecule has 5 aromatic rings. The van der Waals surface area contributed by atoms with Gasteiger partial charge in [-0.3, -0.25) is 4.79 Å². The number of furan rings is 1. The molecule has 0 bridgehead atoms. The van der Waals surface area contributed by atoms with Crippen LogP contribution < -0.4 is 19.6 Å². The summed E-state index contributed by atoms with van der Waals surface area (Å²) in [5.41, 5.74) is 6.66. The Morgan fingerprint density at radius 1 is 0.857 bits per heavy atom. The molecular formula is C33H29N3O6. The van der Waals surface area contributed by atoms with E-state index in [2.05, 4.69) is 41.1 Å². The van der Waals surface area contributed by atoms with Gasteiger partial charge in [0.25, 0.3) is 0 Å². The summed E-state index contributed by atoms with van der Waals surface area (Å²) >= 11 is 0. The molecule has 0 spiro atoms. The van der Waals surface area contributed by atoms with Crippen molar-refractivity contribution in [2.45, 2.75) is 20.5 Å². The summed E-state index contributed by atoms with van der Waals surface area (Å²) in [4.78, 5) is 25.1. The first kappa shape index (κ1) is 28.0. The van der Waals surface area contributed by atoms with Crippen LogP contribution in [0.3, 0.4) is 0 Å². The third-order valence-electron chi connectivity index (χ3n) is 6.45. The quantitative estimate of drug-likeness (QED) is 0.0931. The van der Waals surface area contributed by atoms with Crippen LogP contribution in [0.5, 0.6) is 17.2 Å². The maximum absolute atomic E-state index is 12.6. The number of hydrazone groups is 1.